The first kappa shape index (κ1) is 15.3. The Morgan fingerprint density at radius 3 is 2.50 bits per heavy atom. The number of halogens is 4. The summed E-state index contributed by atoms with van der Waals surface area (Å²) in [4.78, 5) is -0.272. The Morgan fingerprint density at radius 1 is 1.33 bits per heavy atom. The minimum Gasteiger partial charge on any atom is -0.497 e. The first-order valence-corrected chi connectivity index (χ1v) is 6.18. The third-order valence-electron chi connectivity index (χ3n) is 2.34. The van der Waals surface area contributed by atoms with Gasteiger partial charge in [0.25, 0.3) is 0 Å². The van der Waals surface area contributed by atoms with E-state index >= 15 is 0 Å². The number of rotatable bonds is 5. The SMILES string of the molecule is COc1ccc(C(Br)COCC(F)(F)F)c(C)c1. The molecular weight excluding hydrogens is 313 g/mol. The van der Waals surface area contributed by atoms with Crippen LogP contribution in [0.15, 0.2) is 18.2 Å². The highest BCUT2D eigenvalue weighted by atomic mass is 79.9. The van der Waals surface area contributed by atoms with Crippen molar-refractivity contribution in [3.05, 3.63) is 29.3 Å². The quantitative estimate of drug-likeness (QED) is 0.761. The standard InChI is InChI=1S/C12H14BrF3O2/c1-8-5-9(17-2)3-4-10(8)11(13)6-18-7-12(14,15)16/h3-5,11H,6-7H2,1-2H3. The summed E-state index contributed by atoms with van der Waals surface area (Å²) in [5.74, 6) is 0.715. The molecule has 0 saturated carbocycles. The summed E-state index contributed by atoms with van der Waals surface area (Å²) in [6.07, 6.45) is -4.29. The van der Waals surface area contributed by atoms with Crippen LogP contribution in [0.5, 0.6) is 5.75 Å². The average Bonchev–Trinajstić information content (AvgIpc) is 2.26. The number of methoxy groups -OCH3 is 1. The molecule has 1 aromatic carbocycles. The number of ether oxygens (including phenoxy) is 2. The van der Waals surface area contributed by atoms with Gasteiger partial charge >= 0.3 is 6.18 Å². The van der Waals surface area contributed by atoms with E-state index in [1.165, 1.54) is 0 Å². The van der Waals surface area contributed by atoms with E-state index in [-0.39, 0.29) is 11.4 Å². The number of hydrogen-bond acceptors (Lipinski definition) is 2. The predicted octanol–water partition coefficient (Wildman–Crippen LogP) is 4.02. The van der Waals surface area contributed by atoms with Gasteiger partial charge in [-0.25, -0.2) is 0 Å². The summed E-state index contributed by atoms with van der Waals surface area (Å²) in [6, 6.07) is 5.40. The third kappa shape index (κ3) is 4.86. The molecule has 6 heteroatoms. The summed E-state index contributed by atoms with van der Waals surface area (Å²) >= 11 is 3.32. The molecule has 0 N–H and O–H groups in total. The molecule has 0 fully saturated rings. The fraction of sp³-hybridized carbons (Fsp3) is 0.500. The lowest BCUT2D eigenvalue weighted by Crippen LogP contribution is -2.18. The van der Waals surface area contributed by atoms with E-state index in [4.69, 9.17) is 4.74 Å². The van der Waals surface area contributed by atoms with Gasteiger partial charge < -0.3 is 9.47 Å². The van der Waals surface area contributed by atoms with Gasteiger partial charge in [-0.2, -0.15) is 13.2 Å². The maximum Gasteiger partial charge on any atom is 0.411 e. The van der Waals surface area contributed by atoms with Gasteiger partial charge in [0.1, 0.15) is 12.4 Å². The lowest BCUT2D eigenvalue weighted by Gasteiger charge is -2.15. The Balaban J connectivity index is 2.59. The highest BCUT2D eigenvalue weighted by molar-refractivity contribution is 9.09. The van der Waals surface area contributed by atoms with E-state index in [2.05, 4.69) is 20.7 Å². The molecule has 1 rings (SSSR count). The van der Waals surface area contributed by atoms with E-state index in [1.54, 1.807) is 13.2 Å². The molecule has 2 nitrogen and oxygen atoms in total. The number of hydrogen-bond donors (Lipinski definition) is 0. The second-order valence-electron chi connectivity index (χ2n) is 3.82. The van der Waals surface area contributed by atoms with Crippen molar-refractivity contribution in [1.82, 2.24) is 0 Å². The van der Waals surface area contributed by atoms with Crippen LogP contribution in [0.2, 0.25) is 0 Å². The van der Waals surface area contributed by atoms with Crippen molar-refractivity contribution in [2.24, 2.45) is 0 Å². The van der Waals surface area contributed by atoms with Crippen molar-refractivity contribution < 1.29 is 22.6 Å². The van der Waals surface area contributed by atoms with Gasteiger partial charge in [0.15, 0.2) is 0 Å². The second kappa shape index (κ2) is 6.43. The number of aryl methyl sites for hydroxylation is 1. The zero-order chi connectivity index (χ0) is 13.8. The second-order valence-corrected chi connectivity index (χ2v) is 4.93. The largest absolute Gasteiger partial charge is 0.497 e. The molecule has 0 aliphatic carbocycles. The van der Waals surface area contributed by atoms with E-state index in [1.807, 2.05) is 19.1 Å². The van der Waals surface area contributed by atoms with Gasteiger partial charge in [0.2, 0.25) is 0 Å². The van der Waals surface area contributed by atoms with Crippen LogP contribution in [-0.4, -0.2) is 26.5 Å². The zero-order valence-corrected chi connectivity index (χ0v) is 11.6. The van der Waals surface area contributed by atoms with Crippen LogP contribution in [-0.2, 0) is 4.74 Å². The van der Waals surface area contributed by atoms with Crippen LogP contribution < -0.4 is 4.74 Å². The fourth-order valence-electron chi connectivity index (χ4n) is 1.49. The smallest absolute Gasteiger partial charge is 0.411 e. The van der Waals surface area contributed by atoms with Crippen LogP contribution in [0.1, 0.15) is 16.0 Å². The van der Waals surface area contributed by atoms with E-state index in [9.17, 15) is 13.2 Å². The first-order valence-electron chi connectivity index (χ1n) is 5.26. The van der Waals surface area contributed by atoms with E-state index < -0.39 is 12.8 Å². The Hall–Kier alpha value is -0.750. The molecule has 0 spiro atoms. The number of benzene rings is 1. The molecule has 0 bridgehead atoms. The number of alkyl halides is 4. The highest BCUT2D eigenvalue weighted by Gasteiger charge is 2.28. The molecule has 0 amide bonds. The minimum absolute atomic E-state index is 0.0350. The summed E-state index contributed by atoms with van der Waals surface area (Å²) in [6.45, 7) is 0.604. The van der Waals surface area contributed by atoms with Crippen molar-refractivity contribution >= 4 is 15.9 Å². The van der Waals surface area contributed by atoms with Gasteiger partial charge in [-0.15, -0.1) is 0 Å². The molecule has 0 radical (unpaired) electrons. The van der Waals surface area contributed by atoms with Crippen molar-refractivity contribution in [1.29, 1.82) is 0 Å². The third-order valence-corrected chi connectivity index (χ3v) is 3.10. The van der Waals surface area contributed by atoms with Gasteiger partial charge in [0.05, 0.1) is 18.5 Å². The normalized spacial score (nSPS) is 13.4. The maximum absolute atomic E-state index is 11.9. The summed E-state index contributed by atoms with van der Waals surface area (Å²) < 4.78 is 45.5. The molecule has 1 aromatic rings. The predicted molar refractivity (Wildman–Crippen MR) is 66.3 cm³/mol. The van der Waals surface area contributed by atoms with Crippen molar-refractivity contribution in [2.75, 3.05) is 20.3 Å². The van der Waals surface area contributed by atoms with Crippen LogP contribution in [0.4, 0.5) is 13.2 Å². The average molecular weight is 327 g/mol. The van der Waals surface area contributed by atoms with Crippen molar-refractivity contribution in [3.63, 3.8) is 0 Å². The molecule has 102 valence electrons. The topological polar surface area (TPSA) is 18.5 Å². The van der Waals surface area contributed by atoms with Gasteiger partial charge in [-0.1, -0.05) is 22.0 Å². The molecular formula is C12H14BrF3O2. The lowest BCUT2D eigenvalue weighted by molar-refractivity contribution is -0.173. The molecule has 0 heterocycles. The fourth-order valence-corrected chi connectivity index (χ4v) is 2.20. The molecule has 0 saturated heterocycles. The van der Waals surface area contributed by atoms with Crippen molar-refractivity contribution in [3.8, 4) is 5.75 Å². The van der Waals surface area contributed by atoms with Crippen LogP contribution in [0, 0.1) is 6.92 Å². The Labute approximate surface area is 112 Å². The van der Waals surface area contributed by atoms with Crippen molar-refractivity contribution in [2.45, 2.75) is 17.9 Å². The van der Waals surface area contributed by atoms with Gasteiger partial charge in [0, 0.05) is 0 Å². The minimum atomic E-state index is -4.29. The van der Waals surface area contributed by atoms with Gasteiger partial charge in [-0.05, 0) is 30.2 Å². The van der Waals surface area contributed by atoms with Gasteiger partial charge in [-0.3, -0.25) is 0 Å². The zero-order valence-electron chi connectivity index (χ0n) is 10.1. The van der Waals surface area contributed by atoms with Crippen LogP contribution >= 0.6 is 15.9 Å². The molecule has 0 aliphatic heterocycles. The van der Waals surface area contributed by atoms with Crippen LogP contribution in [0.25, 0.3) is 0 Å². The first-order chi connectivity index (χ1) is 8.33. The van der Waals surface area contributed by atoms with Crippen LogP contribution in [0.3, 0.4) is 0 Å². The Bertz CT molecular complexity index is 393. The molecule has 1 atom stereocenters. The molecule has 0 aliphatic rings. The molecule has 18 heavy (non-hydrogen) atoms. The molecule has 1 unspecified atom stereocenters. The summed E-state index contributed by atoms with van der Waals surface area (Å²) in [5.41, 5.74) is 1.82. The monoisotopic (exact) mass is 326 g/mol. The summed E-state index contributed by atoms with van der Waals surface area (Å²) in [5, 5.41) is 0. The maximum atomic E-state index is 11.9. The Morgan fingerprint density at radius 2 is 2.00 bits per heavy atom. The van der Waals surface area contributed by atoms with E-state index in [0.717, 1.165) is 11.1 Å². The molecule has 0 aromatic heterocycles. The highest BCUT2D eigenvalue weighted by Crippen LogP contribution is 2.29. The lowest BCUT2D eigenvalue weighted by atomic mass is 10.1. The summed E-state index contributed by atoms with van der Waals surface area (Å²) in [7, 11) is 1.56. The Kier molecular flexibility index (Phi) is 5.47. The van der Waals surface area contributed by atoms with E-state index in [0.29, 0.717) is 5.75 Å².